The molecule has 0 aliphatic carbocycles. The van der Waals surface area contributed by atoms with E-state index in [0.717, 1.165) is 36.2 Å². The Kier molecular flexibility index (Phi) is 6.95. The number of halogens is 3. The van der Waals surface area contributed by atoms with Crippen molar-refractivity contribution < 1.29 is 32.4 Å². The van der Waals surface area contributed by atoms with Crippen molar-refractivity contribution in [2.75, 3.05) is 36.0 Å². The van der Waals surface area contributed by atoms with E-state index in [-0.39, 0.29) is 31.3 Å². The number of hydrogen-bond donors (Lipinski definition) is 0. The molecule has 2 aromatic carbocycles. The number of fused-ring (bicyclic) bond motifs is 1. The maximum Gasteiger partial charge on any atom is 0.416 e. The van der Waals surface area contributed by atoms with Crippen LogP contribution in [-0.2, 0) is 26.9 Å². The average Bonchev–Trinajstić information content (AvgIpc) is 2.86. The number of ether oxygens (including phenoxy) is 1. The van der Waals surface area contributed by atoms with Gasteiger partial charge in [-0.2, -0.15) is 13.2 Å². The van der Waals surface area contributed by atoms with Gasteiger partial charge < -0.3 is 14.5 Å². The van der Waals surface area contributed by atoms with Crippen LogP contribution in [0.3, 0.4) is 0 Å². The van der Waals surface area contributed by atoms with Crippen molar-refractivity contribution in [2.45, 2.75) is 31.9 Å². The Bertz CT molecular complexity index is 1130. The summed E-state index contributed by atoms with van der Waals surface area (Å²) in [5.74, 6) is -1.32. The van der Waals surface area contributed by atoms with Crippen LogP contribution in [0.2, 0.25) is 0 Å². The van der Waals surface area contributed by atoms with Gasteiger partial charge in [0.15, 0.2) is 6.61 Å². The summed E-state index contributed by atoms with van der Waals surface area (Å²) in [6.45, 7) is 0.647. The topological polar surface area (TPSA) is 93.0 Å². The highest BCUT2D eigenvalue weighted by atomic mass is 19.4. The molecule has 1 fully saturated rings. The Morgan fingerprint density at radius 2 is 1.77 bits per heavy atom. The second kappa shape index (κ2) is 9.93. The largest absolute Gasteiger partial charge is 0.455 e. The predicted molar refractivity (Wildman–Crippen MR) is 121 cm³/mol. The molecule has 0 N–H and O–H groups in total. The molecule has 0 bridgehead atoms. The molecule has 0 spiro atoms. The summed E-state index contributed by atoms with van der Waals surface area (Å²) in [5.41, 5.74) is 0.254. The van der Waals surface area contributed by atoms with E-state index in [1.165, 1.54) is 0 Å². The number of nitro groups is 1. The molecular formula is C24H24F3N3O5. The fourth-order valence-electron chi connectivity index (χ4n) is 4.59. The maximum atomic E-state index is 13.0. The lowest BCUT2D eigenvalue weighted by Crippen LogP contribution is -2.40. The van der Waals surface area contributed by atoms with Crippen LogP contribution in [0.4, 0.5) is 30.2 Å². The smallest absolute Gasteiger partial charge is 0.416 e. The molecule has 2 aliphatic rings. The summed E-state index contributed by atoms with van der Waals surface area (Å²) >= 11 is 0. The van der Waals surface area contributed by atoms with Crippen LogP contribution in [0, 0.1) is 16.0 Å². The van der Waals surface area contributed by atoms with Gasteiger partial charge in [-0.3, -0.25) is 19.7 Å². The lowest BCUT2D eigenvalue weighted by atomic mass is 9.96. The molecule has 35 heavy (non-hydrogen) atoms. The first-order valence-electron chi connectivity index (χ1n) is 11.3. The van der Waals surface area contributed by atoms with Gasteiger partial charge in [0.2, 0.25) is 0 Å². The molecule has 1 amide bonds. The SMILES string of the molecule is O=C(OCC(=O)N1CCCc2ccccc21)C1CCN(c2ccc(C(F)(F)F)cc2[N+](=O)[O-])CC1. The summed E-state index contributed by atoms with van der Waals surface area (Å²) in [6.07, 6.45) is -2.37. The number of alkyl halides is 3. The molecule has 4 rings (SSSR count). The molecule has 0 unspecified atom stereocenters. The highest BCUT2D eigenvalue weighted by Crippen LogP contribution is 2.38. The van der Waals surface area contributed by atoms with Gasteiger partial charge >= 0.3 is 12.1 Å². The summed E-state index contributed by atoms with van der Waals surface area (Å²) in [4.78, 5) is 39.0. The van der Waals surface area contributed by atoms with Crippen LogP contribution in [0.15, 0.2) is 42.5 Å². The number of para-hydroxylation sites is 1. The van der Waals surface area contributed by atoms with Gasteiger partial charge in [-0.05, 0) is 49.4 Å². The molecule has 2 heterocycles. The lowest BCUT2D eigenvalue weighted by molar-refractivity contribution is -0.384. The Morgan fingerprint density at radius 1 is 1.06 bits per heavy atom. The van der Waals surface area contributed by atoms with E-state index < -0.39 is 34.2 Å². The second-order valence-electron chi connectivity index (χ2n) is 8.61. The molecule has 2 aromatic rings. The number of amides is 1. The van der Waals surface area contributed by atoms with E-state index in [1.54, 1.807) is 9.80 Å². The normalized spacial score (nSPS) is 16.5. The number of carbonyl (C=O) groups is 2. The first-order valence-corrected chi connectivity index (χ1v) is 11.3. The molecule has 0 radical (unpaired) electrons. The van der Waals surface area contributed by atoms with E-state index in [4.69, 9.17) is 4.74 Å². The lowest BCUT2D eigenvalue weighted by Gasteiger charge is -2.32. The number of benzene rings is 2. The van der Waals surface area contributed by atoms with Crippen LogP contribution in [0.1, 0.15) is 30.4 Å². The Balaban J connectivity index is 1.34. The van der Waals surface area contributed by atoms with E-state index in [2.05, 4.69) is 0 Å². The van der Waals surface area contributed by atoms with Crippen molar-refractivity contribution in [1.82, 2.24) is 0 Å². The summed E-state index contributed by atoms with van der Waals surface area (Å²) in [6, 6.07) is 10.0. The molecule has 2 aliphatic heterocycles. The molecule has 1 saturated heterocycles. The van der Waals surface area contributed by atoms with Crippen LogP contribution >= 0.6 is 0 Å². The summed E-state index contributed by atoms with van der Waals surface area (Å²) in [5, 5.41) is 11.4. The number of esters is 1. The van der Waals surface area contributed by atoms with Crippen LogP contribution in [0.25, 0.3) is 0 Å². The summed E-state index contributed by atoms with van der Waals surface area (Å²) < 4.78 is 44.1. The number of carbonyl (C=O) groups excluding carboxylic acids is 2. The van der Waals surface area contributed by atoms with Crippen molar-refractivity contribution >= 4 is 28.9 Å². The zero-order valence-electron chi connectivity index (χ0n) is 18.8. The minimum atomic E-state index is -4.69. The molecular weight excluding hydrogens is 467 g/mol. The number of aryl methyl sites for hydroxylation is 1. The number of nitrogens with zero attached hydrogens (tertiary/aromatic N) is 3. The quantitative estimate of drug-likeness (QED) is 0.351. The van der Waals surface area contributed by atoms with Crippen molar-refractivity contribution in [3.63, 3.8) is 0 Å². The Labute approximate surface area is 199 Å². The van der Waals surface area contributed by atoms with E-state index in [0.29, 0.717) is 25.5 Å². The zero-order valence-corrected chi connectivity index (χ0v) is 18.8. The van der Waals surface area contributed by atoms with Gasteiger partial charge in [0, 0.05) is 31.4 Å². The number of anilines is 2. The number of nitro benzene ring substituents is 1. The average molecular weight is 491 g/mol. The third-order valence-corrected chi connectivity index (χ3v) is 6.42. The van der Waals surface area contributed by atoms with E-state index in [9.17, 15) is 32.9 Å². The molecule has 0 aromatic heterocycles. The van der Waals surface area contributed by atoms with Gasteiger partial charge in [-0.15, -0.1) is 0 Å². The van der Waals surface area contributed by atoms with Gasteiger partial charge in [0.25, 0.3) is 11.6 Å². The first kappa shape index (κ1) is 24.5. The van der Waals surface area contributed by atoms with Crippen LogP contribution < -0.4 is 9.80 Å². The van der Waals surface area contributed by atoms with Crippen molar-refractivity contribution in [1.29, 1.82) is 0 Å². The predicted octanol–water partition coefficient (Wildman–Crippen LogP) is 4.35. The summed E-state index contributed by atoms with van der Waals surface area (Å²) in [7, 11) is 0. The maximum absolute atomic E-state index is 13.0. The van der Waals surface area contributed by atoms with E-state index >= 15 is 0 Å². The standard InChI is InChI=1S/C24H24F3N3O5/c25-24(26,27)18-7-8-20(21(14-18)30(33)34)28-12-9-17(10-13-28)23(32)35-15-22(31)29-11-3-5-16-4-1-2-6-19(16)29/h1-2,4,6-8,14,17H,3,5,9-13,15H2. The zero-order chi connectivity index (χ0) is 25.2. The van der Waals surface area contributed by atoms with E-state index in [1.807, 2.05) is 24.3 Å². The minimum absolute atomic E-state index is 0.0776. The van der Waals surface area contributed by atoms with Gasteiger partial charge in [0.05, 0.1) is 16.4 Å². The molecule has 0 atom stereocenters. The molecule has 0 saturated carbocycles. The molecule has 11 heteroatoms. The third-order valence-electron chi connectivity index (χ3n) is 6.42. The minimum Gasteiger partial charge on any atom is -0.455 e. The number of piperidine rings is 1. The van der Waals surface area contributed by atoms with Crippen molar-refractivity contribution in [3.8, 4) is 0 Å². The Morgan fingerprint density at radius 3 is 2.46 bits per heavy atom. The van der Waals surface area contributed by atoms with Crippen molar-refractivity contribution in [3.05, 3.63) is 63.7 Å². The fraction of sp³-hybridized carbons (Fsp3) is 0.417. The van der Waals surface area contributed by atoms with Gasteiger partial charge in [0.1, 0.15) is 5.69 Å². The Hall–Kier alpha value is -3.63. The second-order valence-corrected chi connectivity index (χ2v) is 8.61. The van der Waals surface area contributed by atoms with Crippen LogP contribution in [-0.4, -0.2) is 43.0 Å². The van der Waals surface area contributed by atoms with Crippen molar-refractivity contribution in [2.24, 2.45) is 5.92 Å². The fourth-order valence-corrected chi connectivity index (χ4v) is 4.59. The van der Waals surface area contributed by atoms with Crippen LogP contribution in [0.5, 0.6) is 0 Å². The number of hydrogen-bond acceptors (Lipinski definition) is 6. The number of rotatable bonds is 5. The molecule has 186 valence electrons. The van der Waals surface area contributed by atoms with Gasteiger partial charge in [-0.1, -0.05) is 18.2 Å². The monoisotopic (exact) mass is 491 g/mol. The highest BCUT2D eigenvalue weighted by Gasteiger charge is 2.35. The first-order chi connectivity index (χ1) is 16.6. The highest BCUT2D eigenvalue weighted by molar-refractivity contribution is 5.96. The third kappa shape index (κ3) is 5.39. The van der Waals surface area contributed by atoms with Gasteiger partial charge in [-0.25, -0.2) is 0 Å². The molecule has 8 nitrogen and oxygen atoms in total.